The van der Waals surface area contributed by atoms with Gasteiger partial charge in [0.15, 0.2) is 6.61 Å². The van der Waals surface area contributed by atoms with E-state index in [1.54, 1.807) is 6.92 Å². The molecule has 3 nitrogen and oxygen atoms in total. The Morgan fingerprint density at radius 3 is 2.61 bits per heavy atom. The summed E-state index contributed by atoms with van der Waals surface area (Å²) in [5.41, 5.74) is 1.93. The number of rotatable bonds is 5. The smallest absolute Gasteiger partial charge is 0.344 e. The predicted octanol–water partition coefficient (Wildman–Crippen LogP) is 3.71. The Bertz CT molecular complexity index is 427. The molecule has 0 fully saturated rings. The minimum absolute atomic E-state index is 0.0748. The molecule has 0 radical (unpaired) electrons. The predicted molar refractivity (Wildman–Crippen MR) is 72.4 cm³/mol. The van der Waals surface area contributed by atoms with Crippen molar-refractivity contribution in [1.29, 1.82) is 0 Å². The molecule has 0 atom stereocenters. The van der Waals surface area contributed by atoms with Crippen molar-refractivity contribution >= 4 is 17.6 Å². The topological polar surface area (TPSA) is 35.5 Å². The zero-order chi connectivity index (χ0) is 13.7. The van der Waals surface area contributed by atoms with Gasteiger partial charge in [0.05, 0.1) is 6.61 Å². The highest BCUT2D eigenvalue weighted by Crippen LogP contribution is 2.31. The van der Waals surface area contributed by atoms with Crippen LogP contribution in [-0.2, 0) is 9.53 Å². The van der Waals surface area contributed by atoms with Crippen molar-refractivity contribution in [3.63, 3.8) is 0 Å². The monoisotopic (exact) mass is 270 g/mol. The Balaban J connectivity index is 2.86. The molecule has 0 heterocycles. The minimum Gasteiger partial charge on any atom is -0.482 e. The molecule has 0 aliphatic heterocycles. The van der Waals surface area contributed by atoms with Crippen molar-refractivity contribution in [1.82, 2.24) is 0 Å². The van der Waals surface area contributed by atoms with Gasteiger partial charge >= 0.3 is 5.97 Å². The summed E-state index contributed by atoms with van der Waals surface area (Å²) in [5, 5.41) is 0.710. The van der Waals surface area contributed by atoms with Crippen LogP contribution in [0.4, 0.5) is 0 Å². The third-order valence-corrected chi connectivity index (χ3v) is 2.97. The average molecular weight is 271 g/mol. The molecule has 0 unspecified atom stereocenters. The van der Waals surface area contributed by atoms with Gasteiger partial charge in [0, 0.05) is 5.02 Å². The van der Waals surface area contributed by atoms with Gasteiger partial charge in [-0.25, -0.2) is 4.79 Å². The lowest BCUT2D eigenvalue weighted by atomic mass is 10.0. The van der Waals surface area contributed by atoms with E-state index in [0.29, 0.717) is 17.4 Å². The molecule has 0 N–H and O–H groups in total. The number of aryl methyl sites for hydroxylation is 1. The van der Waals surface area contributed by atoms with E-state index in [-0.39, 0.29) is 18.5 Å². The first-order chi connectivity index (χ1) is 8.45. The fourth-order valence-electron chi connectivity index (χ4n) is 1.59. The third kappa shape index (κ3) is 3.91. The number of esters is 1. The maximum Gasteiger partial charge on any atom is 0.344 e. The highest BCUT2D eigenvalue weighted by atomic mass is 35.5. The molecule has 1 aromatic carbocycles. The van der Waals surface area contributed by atoms with Crippen molar-refractivity contribution in [2.45, 2.75) is 33.6 Å². The molecule has 0 bridgehead atoms. The van der Waals surface area contributed by atoms with Crippen molar-refractivity contribution in [2.75, 3.05) is 13.2 Å². The van der Waals surface area contributed by atoms with E-state index in [0.717, 1.165) is 11.1 Å². The lowest BCUT2D eigenvalue weighted by Gasteiger charge is -2.15. The van der Waals surface area contributed by atoms with Crippen molar-refractivity contribution in [3.05, 3.63) is 28.3 Å². The highest BCUT2D eigenvalue weighted by molar-refractivity contribution is 6.31. The molecule has 0 aromatic heterocycles. The molecule has 0 aliphatic carbocycles. The Kier molecular flexibility index (Phi) is 5.48. The molecule has 0 saturated heterocycles. The zero-order valence-corrected chi connectivity index (χ0v) is 12.0. The molecule has 18 heavy (non-hydrogen) atoms. The van der Waals surface area contributed by atoms with E-state index >= 15 is 0 Å². The van der Waals surface area contributed by atoms with E-state index in [2.05, 4.69) is 13.8 Å². The first kappa shape index (κ1) is 14.8. The van der Waals surface area contributed by atoms with Crippen LogP contribution in [0.2, 0.25) is 5.02 Å². The van der Waals surface area contributed by atoms with Crippen LogP contribution in [0.5, 0.6) is 5.75 Å². The maximum absolute atomic E-state index is 11.3. The largest absolute Gasteiger partial charge is 0.482 e. The van der Waals surface area contributed by atoms with Gasteiger partial charge in [-0.1, -0.05) is 25.4 Å². The van der Waals surface area contributed by atoms with Crippen LogP contribution < -0.4 is 4.74 Å². The van der Waals surface area contributed by atoms with Crippen LogP contribution in [0.1, 0.15) is 37.8 Å². The lowest BCUT2D eigenvalue weighted by molar-refractivity contribution is -0.145. The maximum atomic E-state index is 11.3. The average Bonchev–Trinajstić information content (AvgIpc) is 2.30. The Morgan fingerprint density at radius 1 is 1.39 bits per heavy atom. The van der Waals surface area contributed by atoms with Gasteiger partial charge in [0.2, 0.25) is 0 Å². The molecule has 100 valence electrons. The molecule has 1 aromatic rings. The molecule has 0 spiro atoms. The van der Waals surface area contributed by atoms with Gasteiger partial charge in [0.1, 0.15) is 5.75 Å². The van der Waals surface area contributed by atoms with Crippen LogP contribution in [0.25, 0.3) is 0 Å². The molecule has 0 aliphatic rings. The Labute approximate surface area is 113 Å². The number of hydrogen-bond acceptors (Lipinski definition) is 3. The van der Waals surface area contributed by atoms with E-state index in [4.69, 9.17) is 21.1 Å². The summed E-state index contributed by atoms with van der Waals surface area (Å²) >= 11 is 6.10. The van der Waals surface area contributed by atoms with Crippen LogP contribution in [0, 0.1) is 6.92 Å². The Hall–Kier alpha value is -1.22. The van der Waals surface area contributed by atoms with E-state index in [9.17, 15) is 4.79 Å². The normalized spacial score (nSPS) is 10.6. The van der Waals surface area contributed by atoms with Gasteiger partial charge in [-0.3, -0.25) is 0 Å². The first-order valence-corrected chi connectivity index (χ1v) is 6.42. The van der Waals surface area contributed by atoms with Crippen molar-refractivity contribution in [3.8, 4) is 5.75 Å². The number of hydrogen-bond donors (Lipinski definition) is 0. The van der Waals surface area contributed by atoms with Crippen LogP contribution in [-0.4, -0.2) is 19.2 Å². The highest BCUT2D eigenvalue weighted by Gasteiger charge is 2.12. The standard InChI is InChI=1S/C14H19ClO3/c1-5-17-14(16)8-18-13-6-10(4)12(15)7-11(13)9(2)3/h6-7,9H,5,8H2,1-4H3. The van der Waals surface area contributed by atoms with Crippen LogP contribution in [0.15, 0.2) is 12.1 Å². The Morgan fingerprint density at radius 2 is 2.06 bits per heavy atom. The van der Waals surface area contributed by atoms with Gasteiger partial charge in [-0.2, -0.15) is 0 Å². The van der Waals surface area contributed by atoms with Gasteiger partial charge in [0.25, 0.3) is 0 Å². The molecule has 0 amide bonds. The number of halogens is 1. The fraction of sp³-hybridized carbons (Fsp3) is 0.500. The van der Waals surface area contributed by atoms with Crippen LogP contribution in [0.3, 0.4) is 0 Å². The summed E-state index contributed by atoms with van der Waals surface area (Å²) in [5.74, 6) is 0.611. The number of carbonyl (C=O) groups is 1. The molecular formula is C14H19ClO3. The van der Waals surface area contributed by atoms with E-state index in [1.165, 1.54) is 0 Å². The molecule has 0 saturated carbocycles. The summed E-state index contributed by atoms with van der Waals surface area (Å²) in [6.45, 7) is 8.07. The SMILES string of the molecule is CCOC(=O)COc1cc(C)c(Cl)cc1C(C)C. The second-order valence-electron chi connectivity index (χ2n) is 4.39. The minimum atomic E-state index is -0.361. The number of benzene rings is 1. The lowest BCUT2D eigenvalue weighted by Crippen LogP contribution is -2.15. The summed E-state index contributed by atoms with van der Waals surface area (Å²) in [4.78, 5) is 11.3. The zero-order valence-electron chi connectivity index (χ0n) is 11.2. The second kappa shape index (κ2) is 6.64. The van der Waals surface area contributed by atoms with Crippen molar-refractivity contribution < 1.29 is 14.3 Å². The van der Waals surface area contributed by atoms with Gasteiger partial charge in [-0.05, 0) is 43.0 Å². The van der Waals surface area contributed by atoms with E-state index in [1.807, 2.05) is 19.1 Å². The van der Waals surface area contributed by atoms with E-state index < -0.39 is 0 Å². The summed E-state index contributed by atoms with van der Waals surface area (Å²) in [6, 6.07) is 3.75. The summed E-state index contributed by atoms with van der Waals surface area (Å²) in [7, 11) is 0. The molecule has 1 rings (SSSR count). The number of carbonyl (C=O) groups excluding carboxylic acids is 1. The number of ether oxygens (including phenoxy) is 2. The van der Waals surface area contributed by atoms with Crippen LogP contribution >= 0.6 is 11.6 Å². The quantitative estimate of drug-likeness (QED) is 0.765. The summed E-state index contributed by atoms with van der Waals surface area (Å²) < 4.78 is 10.3. The summed E-state index contributed by atoms with van der Waals surface area (Å²) in [6.07, 6.45) is 0. The molecule has 4 heteroatoms. The molecular weight excluding hydrogens is 252 g/mol. The third-order valence-electron chi connectivity index (χ3n) is 2.56. The van der Waals surface area contributed by atoms with Gasteiger partial charge < -0.3 is 9.47 Å². The second-order valence-corrected chi connectivity index (χ2v) is 4.79. The van der Waals surface area contributed by atoms with Crippen molar-refractivity contribution in [2.24, 2.45) is 0 Å². The van der Waals surface area contributed by atoms with Gasteiger partial charge in [-0.15, -0.1) is 0 Å². The first-order valence-electron chi connectivity index (χ1n) is 6.04. The fourth-order valence-corrected chi connectivity index (χ4v) is 1.76.